The minimum Gasteiger partial charge on any atom is -0.425 e. The van der Waals surface area contributed by atoms with E-state index in [1.165, 1.54) is 12.8 Å². The summed E-state index contributed by atoms with van der Waals surface area (Å²) in [7, 11) is 0. The summed E-state index contributed by atoms with van der Waals surface area (Å²) in [6, 6.07) is 0. The molecule has 0 radical (unpaired) electrons. The van der Waals surface area contributed by atoms with E-state index in [0.29, 0.717) is 11.8 Å². The molecular weight excluding hydrogens is 166 g/mol. The van der Waals surface area contributed by atoms with Crippen molar-refractivity contribution in [2.75, 3.05) is 13.1 Å². The van der Waals surface area contributed by atoms with Crippen LogP contribution < -0.4 is 5.32 Å². The highest BCUT2D eigenvalue weighted by atomic mass is 16.4. The molecule has 0 aromatic carbocycles. The van der Waals surface area contributed by atoms with E-state index in [4.69, 9.17) is 4.42 Å². The summed E-state index contributed by atoms with van der Waals surface area (Å²) in [5.41, 5.74) is 0. The predicted molar refractivity (Wildman–Crippen MR) is 46.5 cm³/mol. The van der Waals surface area contributed by atoms with Crippen LogP contribution in [0.15, 0.2) is 4.42 Å². The fraction of sp³-hybridized carbons (Fsp3) is 0.778. The second kappa shape index (κ2) is 2.80. The lowest BCUT2D eigenvalue weighted by Gasteiger charge is -1.99. The topological polar surface area (TPSA) is 51.0 Å². The fourth-order valence-corrected chi connectivity index (χ4v) is 1.77. The van der Waals surface area contributed by atoms with Gasteiger partial charge < -0.3 is 9.73 Å². The molecule has 4 nitrogen and oxygen atoms in total. The Bertz CT molecular complexity index is 300. The highest BCUT2D eigenvalue weighted by Crippen LogP contribution is 2.39. The zero-order valence-electron chi connectivity index (χ0n) is 7.49. The quantitative estimate of drug-likeness (QED) is 0.736. The van der Waals surface area contributed by atoms with Gasteiger partial charge in [0.25, 0.3) is 0 Å². The molecule has 1 saturated carbocycles. The van der Waals surface area contributed by atoms with Crippen molar-refractivity contribution in [3.05, 3.63) is 11.8 Å². The maximum absolute atomic E-state index is 5.63. The molecule has 1 unspecified atom stereocenters. The number of rotatable bonds is 2. The minimum atomic E-state index is 0.458. The lowest BCUT2D eigenvalue weighted by molar-refractivity contribution is 0.424. The van der Waals surface area contributed by atoms with E-state index in [9.17, 15) is 0 Å². The van der Waals surface area contributed by atoms with Crippen molar-refractivity contribution in [2.24, 2.45) is 0 Å². The second-order valence-corrected chi connectivity index (χ2v) is 3.94. The van der Waals surface area contributed by atoms with Crippen LogP contribution in [0.3, 0.4) is 0 Å². The third-order valence-electron chi connectivity index (χ3n) is 2.79. The normalized spacial score (nSPS) is 28.2. The van der Waals surface area contributed by atoms with Crippen LogP contribution in [-0.4, -0.2) is 23.3 Å². The second-order valence-electron chi connectivity index (χ2n) is 3.94. The van der Waals surface area contributed by atoms with Gasteiger partial charge in [-0.3, -0.25) is 0 Å². The van der Waals surface area contributed by atoms with Gasteiger partial charge in [-0.25, -0.2) is 0 Å². The first-order valence-electron chi connectivity index (χ1n) is 4.97. The maximum Gasteiger partial charge on any atom is 0.220 e. The number of nitrogens with one attached hydrogen (secondary N) is 1. The summed E-state index contributed by atoms with van der Waals surface area (Å²) in [6.07, 6.45) is 3.58. The van der Waals surface area contributed by atoms with E-state index in [1.807, 2.05) is 0 Å². The van der Waals surface area contributed by atoms with Crippen LogP contribution in [0.5, 0.6) is 0 Å². The van der Waals surface area contributed by atoms with E-state index in [2.05, 4.69) is 15.5 Å². The molecule has 13 heavy (non-hydrogen) atoms. The first kappa shape index (κ1) is 7.50. The lowest BCUT2D eigenvalue weighted by atomic mass is 10.1. The van der Waals surface area contributed by atoms with Gasteiger partial charge >= 0.3 is 0 Å². The molecule has 0 amide bonds. The van der Waals surface area contributed by atoms with Crippen molar-refractivity contribution in [2.45, 2.75) is 31.1 Å². The highest BCUT2D eigenvalue weighted by Gasteiger charge is 2.31. The first-order chi connectivity index (χ1) is 6.43. The van der Waals surface area contributed by atoms with E-state index < -0.39 is 0 Å². The third-order valence-corrected chi connectivity index (χ3v) is 2.79. The van der Waals surface area contributed by atoms with E-state index >= 15 is 0 Å². The highest BCUT2D eigenvalue weighted by molar-refractivity contribution is 5.03. The molecule has 1 saturated heterocycles. The molecule has 2 fully saturated rings. The van der Waals surface area contributed by atoms with Crippen LogP contribution in [-0.2, 0) is 0 Å². The van der Waals surface area contributed by atoms with Crippen molar-refractivity contribution in [3.8, 4) is 0 Å². The van der Waals surface area contributed by atoms with Gasteiger partial charge in [-0.2, -0.15) is 0 Å². The van der Waals surface area contributed by atoms with Crippen LogP contribution in [0.2, 0.25) is 0 Å². The molecule has 1 atom stereocenters. The number of hydrogen-bond donors (Lipinski definition) is 1. The molecule has 1 aliphatic carbocycles. The molecule has 1 aromatic rings. The Balaban J connectivity index is 1.79. The van der Waals surface area contributed by atoms with Crippen molar-refractivity contribution < 1.29 is 4.42 Å². The Hall–Kier alpha value is -0.900. The van der Waals surface area contributed by atoms with Crippen molar-refractivity contribution in [3.63, 3.8) is 0 Å². The number of hydrogen-bond acceptors (Lipinski definition) is 4. The lowest BCUT2D eigenvalue weighted by Crippen LogP contribution is -2.08. The van der Waals surface area contributed by atoms with E-state index in [1.54, 1.807) is 0 Å². The molecule has 1 aliphatic heterocycles. The summed E-state index contributed by atoms with van der Waals surface area (Å²) in [4.78, 5) is 0. The molecule has 4 heteroatoms. The van der Waals surface area contributed by atoms with Gasteiger partial charge in [0.15, 0.2) is 0 Å². The fourth-order valence-electron chi connectivity index (χ4n) is 1.77. The SMILES string of the molecule is C1CC(c2nnc(C3CC3)o2)CN1. The van der Waals surface area contributed by atoms with Gasteiger partial charge in [-0.1, -0.05) is 0 Å². The number of aromatic nitrogens is 2. The van der Waals surface area contributed by atoms with E-state index in [-0.39, 0.29) is 0 Å². The largest absolute Gasteiger partial charge is 0.425 e. The zero-order chi connectivity index (χ0) is 8.67. The molecule has 2 aliphatic rings. The summed E-state index contributed by atoms with van der Waals surface area (Å²) < 4.78 is 5.63. The Morgan fingerprint density at radius 2 is 1.85 bits per heavy atom. The Morgan fingerprint density at radius 3 is 2.46 bits per heavy atom. The predicted octanol–water partition coefficient (Wildman–Crippen LogP) is 1.02. The molecule has 2 heterocycles. The zero-order valence-corrected chi connectivity index (χ0v) is 7.49. The van der Waals surface area contributed by atoms with E-state index in [0.717, 1.165) is 31.3 Å². The standard InChI is InChI=1S/C9H13N3O/c1-2-6(1)8-11-12-9(13-8)7-3-4-10-5-7/h6-7,10H,1-5H2. The van der Waals surface area contributed by atoms with Gasteiger partial charge in [-0.15, -0.1) is 10.2 Å². The van der Waals surface area contributed by atoms with Crippen molar-refractivity contribution in [1.29, 1.82) is 0 Å². The Morgan fingerprint density at radius 1 is 1.08 bits per heavy atom. The molecule has 3 rings (SSSR count). The molecule has 1 aromatic heterocycles. The molecule has 70 valence electrons. The third kappa shape index (κ3) is 1.35. The molecule has 1 N–H and O–H groups in total. The first-order valence-corrected chi connectivity index (χ1v) is 4.97. The van der Waals surface area contributed by atoms with Crippen LogP contribution in [0.1, 0.15) is 42.9 Å². The average Bonchev–Trinajstić information content (AvgIpc) is 2.72. The minimum absolute atomic E-state index is 0.458. The molecule has 0 spiro atoms. The average molecular weight is 179 g/mol. The van der Waals surface area contributed by atoms with Gasteiger partial charge in [0, 0.05) is 12.5 Å². The smallest absolute Gasteiger partial charge is 0.220 e. The molecule has 0 bridgehead atoms. The van der Waals surface area contributed by atoms with Crippen LogP contribution in [0, 0.1) is 0 Å². The van der Waals surface area contributed by atoms with Crippen LogP contribution in [0.25, 0.3) is 0 Å². The summed E-state index contributed by atoms with van der Waals surface area (Å²) in [5, 5.41) is 11.5. The summed E-state index contributed by atoms with van der Waals surface area (Å²) >= 11 is 0. The number of nitrogens with zero attached hydrogens (tertiary/aromatic N) is 2. The molecular formula is C9H13N3O. The monoisotopic (exact) mass is 179 g/mol. The van der Waals surface area contributed by atoms with Gasteiger partial charge in [0.2, 0.25) is 11.8 Å². The maximum atomic E-state index is 5.63. The summed E-state index contributed by atoms with van der Waals surface area (Å²) in [5.74, 6) is 2.74. The van der Waals surface area contributed by atoms with Crippen molar-refractivity contribution in [1.82, 2.24) is 15.5 Å². The van der Waals surface area contributed by atoms with Gasteiger partial charge in [0.05, 0.1) is 5.92 Å². The van der Waals surface area contributed by atoms with Gasteiger partial charge in [0.1, 0.15) is 0 Å². The van der Waals surface area contributed by atoms with Crippen LogP contribution >= 0.6 is 0 Å². The Labute approximate surface area is 76.7 Å². The van der Waals surface area contributed by atoms with Gasteiger partial charge in [-0.05, 0) is 25.8 Å². The Kier molecular flexibility index (Phi) is 1.62. The summed E-state index contributed by atoms with van der Waals surface area (Å²) in [6.45, 7) is 2.07. The van der Waals surface area contributed by atoms with Crippen molar-refractivity contribution >= 4 is 0 Å². The van der Waals surface area contributed by atoms with Crippen LogP contribution in [0.4, 0.5) is 0 Å².